The van der Waals surface area contributed by atoms with Crippen molar-refractivity contribution in [3.63, 3.8) is 0 Å². The molecule has 0 spiro atoms. The molecular formula is C7H14CaO4. The number of rotatable bonds is 5. The van der Waals surface area contributed by atoms with Gasteiger partial charge in [0.2, 0.25) is 0 Å². The van der Waals surface area contributed by atoms with E-state index in [4.69, 9.17) is 15.3 Å². The summed E-state index contributed by atoms with van der Waals surface area (Å²) in [7, 11) is 0. The summed E-state index contributed by atoms with van der Waals surface area (Å²) in [5.74, 6) is -1.04. The second-order valence-corrected chi connectivity index (χ2v) is 2.55. The van der Waals surface area contributed by atoms with Crippen LogP contribution in [0.15, 0.2) is 0 Å². The number of aliphatic hydroxyl groups is 2. The summed E-state index contributed by atoms with van der Waals surface area (Å²) in [6, 6.07) is 0. The van der Waals surface area contributed by atoms with Gasteiger partial charge in [-0.05, 0) is 12.8 Å². The molecule has 0 heterocycles. The first-order valence-electron chi connectivity index (χ1n) is 3.64. The molecule has 0 saturated carbocycles. The Balaban J connectivity index is 0. The molecule has 68 valence electrons. The van der Waals surface area contributed by atoms with Crippen molar-refractivity contribution in [1.82, 2.24) is 0 Å². The third kappa shape index (κ3) is 8.74. The van der Waals surface area contributed by atoms with Gasteiger partial charge in [-0.25, -0.2) is 0 Å². The average Bonchev–Trinajstić information content (AvgIpc) is 1.85. The third-order valence-corrected chi connectivity index (χ3v) is 1.43. The Kier molecular flexibility index (Phi) is 10.4. The first kappa shape index (κ1) is 15.1. The SMILES string of the molecule is CCC(O)CC(O)CC(=O)O.[Ca]. The van der Waals surface area contributed by atoms with Crippen molar-refractivity contribution < 1.29 is 20.1 Å². The molecule has 0 amide bonds. The van der Waals surface area contributed by atoms with Crippen LogP contribution in [-0.4, -0.2) is 71.2 Å². The molecule has 4 nitrogen and oxygen atoms in total. The largest absolute Gasteiger partial charge is 0.481 e. The summed E-state index contributed by atoms with van der Waals surface area (Å²) >= 11 is 0. The Hall–Kier alpha value is 0.650. The van der Waals surface area contributed by atoms with Gasteiger partial charge in [-0.3, -0.25) is 4.79 Å². The predicted molar refractivity (Wildman–Crippen MR) is 44.9 cm³/mol. The normalized spacial score (nSPS) is 14.6. The van der Waals surface area contributed by atoms with E-state index in [1.807, 2.05) is 0 Å². The van der Waals surface area contributed by atoms with Crippen LogP contribution < -0.4 is 0 Å². The van der Waals surface area contributed by atoms with Crippen LogP contribution in [0.25, 0.3) is 0 Å². The van der Waals surface area contributed by atoms with Crippen LogP contribution in [0.1, 0.15) is 26.2 Å². The summed E-state index contributed by atoms with van der Waals surface area (Å²) in [5.41, 5.74) is 0. The molecule has 0 aliphatic heterocycles. The van der Waals surface area contributed by atoms with Crippen LogP contribution in [-0.2, 0) is 4.79 Å². The zero-order valence-corrected chi connectivity index (χ0v) is 9.44. The molecule has 3 N–H and O–H groups in total. The second-order valence-electron chi connectivity index (χ2n) is 2.55. The Labute approximate surface area is 102 Å². The van der Waals surface area contributed by atoms with E-state index >= 15 is 0 Å². The van der Waals surface area contributed by atoms with Crippen LogP contribution in [0.5, 0.6) is 0 Å². The first-order chi connectivity index (χ1) is 5.06. The first-order valence-corrected chi connectivity index (χ1v) is 3.64. The van der Waals surface area contributed by atoms with Gasteiger partial charge in [0, 0.05) is 37.7 Å². The predicted octanol–water partition coefficient (Wildman–Crippen LogP) is -0.398. The van der Waals surface area contributed by atoms with E-state index in [2.05, 4.69) is 0 Å². The van der Waals surface area contributed by atoms with Gasteiger partial charge in [0.05, 0.1) is 18.6 Å². The standard InChI is InChI=1S/C7H14O4.Ca/c1-2-5(8)3-6(9)4-7(10)11;/h5-6,8-9H,2-4H2,1H3,(H,10,11);. The monoisotopic (exact) mass is 202 g/mol. The van der Waals surface area contributed by atoms with Crippen LogP contribution in [0, 0.1) is 0 Å². The molecule has 2 unspecified atom stereocenters. The Morgan fingerprint density at radius 2 is 1.83 bits per heavy atom. The zero-order valence-electron chi connectivity index (χ0n) is 7.23. The smallest absolute Gasteiger partial charge is 0.305 e. The minimum atomic E-state index is -1.04. The maximum absolute atomic E-state index is 10.0. The average molecular weight is 202 g/mol. The fourth-order valence-electron chi connectivity index (χ4n) is 0.766. The number of carboxylic acids is 1. The molecule has 0 aromatic rings. The van der Waals surface area contributed by atoms with Crippen molar-refractivity contribution in [2.24, 2.45) is 0 Å². The molecule has 0 aliphatic rings. The summed E-state index contributed by atoms with van der Waals surface area (Å²) in [4.78, 5) is 10.0. The molecule has 0 bridgehead atoms. The van der Waals surface area contributed by atoms with E-state index < -0.39 is 18.2 Å². The van der Waals surface area contributed by atoms with Crippen molar-refractivity contribution in [3.05, 3.63) is 0 Å². The van der Waals surface area contributed by atoms with Crippen LogP contribution in [0.3, 0.4) is 0 Å². The number of carbonyl (C=O) groups is 1. The Morgan fingerprint density at radius 1 is 1.33 bits per heavy atom. The maximum Gasteiger partial charge on any atom is 0.305 e. The molecule has 5 heteroatoms. The van der Waals surface area contributed by atoms with Gasteiger partial charge in [0.1, 0.15) is 0 Å². The van der Waals surface area contributed by atoms with E-state index in [0.29, 0.717) is 6.42 Å². The van der Waals surface area contributed by atoms with E-state index in [0.717, 1.165) is 0 Å². The quantitative estimate of drug-likeness (QED) is 0.530. The molecule has 0 rings (SSSR count). The summed E-state index contributed by atoms with van der Waals surface area (Å²) in [5, 5.41) is 26.2. The van der Waals surface area contributed by atoms with Crippen molar-refractivity contribution >= 4 is 43.7 Å². The second kappa shape index (κ2) is 8.26. The van der Waals surface area contributed by atoms with Gasteiger partial charge in [-0.15, -0.1) is 0 Å². The summed E-state index contributed by atoms with van der Waals surface area (Å²) < 4.78 is 0. The number of aliphatic carboxylic acids is 1. The van der Waals surface area contributed by atoms with Crippen molar-refractivity contribution in [2.45, 2.75) is 38.4 Å². The number of hydrogen-bond acceptors (Lipinski definition) is 3. The van der Waals surface area contributed by atoms with Crippen molar-refractivity contribution in [2.75, 3.05) is 0 Å². The molecule has 0 aliphatic carbocycles. The molecule has 12 heavy (non-hydrogen) atoms. The Bertz CT molecular complexity index is 129. The molecule has 0 fully saturated rings. The molecule has 0 saturated heterocycles. The molecular weight excluding hydrogens is 188 g/mol. The number of aliphatic hydroxyl groups excluding tert-OH is 2. The van der Waals surface area contributed by atoms with Gasteiger partial charge < -0.3 is 15.3 Å². The van der Waals surface area contributed by atoms with E-state index in [-0.39, 0.29) is 50.6 Å². The molecule has 2 radical (unpaired) electrons. The Morgan fingerprint density at radius 3 is 2.17 bits per heavy atom. The molecule has 2 atom stereocenters. The van der Waals surface area contributed by atoms with Crippen LogP contribution >= 0.6 is 0 Å². The number of hydrogen-bond donors (Lipinski definition) is 3. The summed E-state index contributed by atoms with van der Waals surface area (Å²) in [6.07, 6.45) is -1.14. The number of carboxylic acid groups (broad SMARTS) is 1. The van der Waals surface area contributed by atoms with E-state index in [9.17, 15) is 4.79 Å². The van der Waals surface area contributed by atoms with E-state index in [1.165, 1.54) is 0 Å². The molecule has 0 aromatic carbocycles. The van der Waals surface area contributed by atoms with Crippen LogP contribution in [0.4, 0.5) is 0 Å². The minimum absolute atomic E-state index is 0. The van der Waals surface area contributed by atoms with Gasteiger partial charge >= 0.3 is 5.97 Å². The topological polar surface area (TPSA) is 77.8 Å². The summed E-state index contributed by atoms with van der Waals surface area (Å²) in [6.45, 7) is 1.78. The fourth-order valence-corrected chi connectivity index (χ4v) is 0.766. The minimum Gasteiger partial charge on any atom is -0.481 e. The van der Waals surface area contributed by atoms with Crippen molar-refractivity contribution in [3.8, 4) is 0 Å². The van der Waals surface area contributed by atoms with E-state index in [1.54, 1.807) is 6.92 Å². The van der Waals surface area contributed by atoms with Gasteiger partial charge in [-0.1, -0.05) is 6.92 Å². The van der Waals surface area contributed by atoms with Crippen LogP contribution in [0.2, 0.25) is 0 Å². The van der Waals surface area contributed by atoms with Crippen molar-refractivity contribution in [1.29, 1.82) is 0 Å². The van der Waals surface area contributed by atoms with Gasteiger partial charge in [-0.2, -0.15) is 0 Å². The molecule has 0 aromatic heterocycles. The maximum atomic E-state index is 10.0. The fraction of sp³-hybridized carbons (Fsp3) is 0.857. The van der Waals surface area contributed by atoms with Gasteiger partial charge in [0.15, 0.2) is 0 Å². The van der Waals surface area contributed by atoms with Gasteiger partial charge in [0.25, 0.3) is 0 Å². The third-order valence-electron chi connectivity index (χ3n) is 1.43. The zero-order chi connectivity index (χ0) is 8.85.